The Hall–Kier alpha value is -1.99. The molecule has 0 radical (unpaired) electrons. The maximum Gasteiger partial charge on any atom is 2.00 e. The van der Waals surface area contributed by atoms with Crippen molar-refractivity contribution in [2.75, 3.05) is 0 Å². The average Bonchev–Trinajstić information content (AvgIpc) is 3.71. The second-order valence-corrected chi connectivity index (χ2v) is 24.2. The zero-order chi connectivity index (χ0) is 30.4. The van der Waals surface area contributed by atoms with Gasteiger partial charge in [0.15, 0.2) is 0 Å². The topological polar surface area (TPSA) is 58.2 Å². The molecular formula is C34H45InN2O2Si2Zr. The third-order valence-corrected chi connectivity index (χ3v) is 13.3. The molecule has 2 aliphatic rings. The van der Waals surface area contributed by atoms with Gasteiger partial charge in [-0.2, -0.15) is 12.2 Å². The van der Waals surface area contributed by atoms with Gasteiger partial charge in [0.05, 0.1) is 0 Å². The van der Waals surface area contributed by atoms with Gasteiger partial charge < -0.3 is 0 Å². The predicted molar refractivity (Wildman–Crippen MR) is 185 cm³/mol. The Morgan fingerprint density at radius 1 is 0.667 bits per heavy atom. The van der Waals surface area contributed by atoms with Crippen molar-refractivity contribution in [3.8, 4) is 0 Å². The van der Waals surface area contributed by atoms with Gasteiger partial charge in [0.2, 0.25) is 0 Å². The van der Waals surface area contributed by atoms with Gasteiger partial charge in [0, 0.05) is 0 Å². The van der Waals surface area contributed by atoms with Crippen LogP contribution in [0, 0.1) is 12.2 Å². The molecule has 4 rings (SSSR count). The van der Waals surface area contributed by atoms with Crippen molar-refractivity contribution >= 4 is 62.8 Å². The smallest absolute Gasteiger partial charge is 0.273 e. The number of allylic oxidation sites excluding steroid dienone is 10. The third-order valence-electron chi connectivity index (χ3n) is 5.32. The van der Waals surface area contributed by atoms with Crippen LogP contribution in [0.3, 0.4) is 0 Å². The van der Waals surface area contributed by atoms with Crippen LogP contribution in [0.2, 0.25) is 39.3 Å². The first-order chi connectivity index (χ1) is 19.5. The Morgan fingerprint density at radius 2 is 1.02 bits per heavy atom. The van der Waals surface area contributed by atoms with Crippen molar-refractivity contribution in [3.05, 3.63) is 133 Å². The summed E-state index contributed by atoms with van der Waals surface area (Å²) in [6, 6.07) is 20.6. The molecule has 2 amide bonds. The minimum atomic E-state index is -1.72. The molecule has 0 aliphatic heterocycles. The zero-order valence-corrected chi connectivity index (χ0v) is 34.5. The summed E-state index contributed by atoms with van der Waals surface area (Å²) >= 11 is -1.60. The molecule has 0 unspecified atom stereocenters. The Bertz CT molecular complexity index is 1100. The van der Waals surface area contributed by atoms with Crippen molar-refractivity contribution in [1.29, 1.82) is 0 Å². The van der Waals surface area contributed by atoms with Gasteiger partial charge in [0.1, 0.15) is 0 Å². The molecule has 42 heavy (non-hydrogen) atoms. The van der Waals surface area contributed by atoms with Gasteiger partial charge >= 0.3 is 132 Å². The molecule has 0 fully saturated rings. The average molecular weight is 776 g/mol. The summed E-state index contributed by atoms with van der Waals surface area (Å²) in [5.41, 5.74) is 2.80. The number of hydrogen-bond donors (Lipinski definition) is 2. The number of rotatable bonds is 7. The SMILES string of the molecule is C(C=Cc1ccccc1)=Cc1ccccc1.C[Si](C)(C)C(=O)[NH][InH][NH]C(=O)[Si](C)(C)C.[C-]1=CC=CC1.[C-]1=CC=CC1.[Zr+2]. The summed E-state index contributed by atoms with van der Waals surface area (Å²) in [5, 5.41) is 0. The fraction of sp³-hybridized carbons (Fsp3) is 0.235. The van der Waals surface area contributed by atoms with E-state index in [1.165, 1.54) is 11.1 Å². The quantitative estimate of drug-likeness (QED) is 0.168. The molecule has 2 aliphatic carbocycles. The Morgan fingerprint density at radius 3 is 1.26 bits per heavy atom. The molecule has 0 spiro atoms. The van der Waals surface area contributed by atoms with E-state index in [9.17, 15) is 9.59 Å². The summed E-state index contributed by atoms with van der Waals surface area (Å²) < 4.78 is 5.90. The molecule has 8 heteroatoms. The first-order valence-corrected chi connectivity index (χ1v) is 25.0. The van der Waals surface area contributed by atoms with Crippen LogP contribution in [-0.2, 0) is 26.2 Å². The van der Waals surface area contributed by atoms with E-state index in [0.29, 0.717) is 0 Å². The van der Waals surface area contributed by atoms with Crippen molar-refractivity contribution in [2.45, 2.75) is 52.1 Å². The molecule has 0 heterocycles. The van der Waals surface area contributed by atoms with E-state index in [4.69, 9.17) is 0 Å². The second kappa shape index (κ2) is 23.5. The Labute approximate surface area is 287 Å². The standard InChI is InChI=1S/C16H14.2C5H5.2C4H11NOSi.In.Zr.H/c1-3-9-15(10-4-1)13-7-8-14-16-11-5-2-6-12-16;2*1-2-4-5-3-1;2*1-7(2,3)4(5)6;;;/h1-14H;2*1-3H,4H2;2*1-3H3,(H2,5,6);;;/q;2*-1;;;2*+2;/p-2. The second-order valence-electron chi connectivity index (χ2n) is 11.2. The van der Waals surface area contributed by atoms with Gasteiger partial charge in [-0.05, 0) is 11.1 Å². The molecule has 0 saturated carbocycles. The zero-order valence-electron chi connectivity index (χ0n) is 26.0. The maximum atomic E-state index is 11.6. The van der Waals surface area contributed by atoms with E-state index in [1.54, 1.807) is 0 Å². The van der Waals surface area contributed by atoms with Crippen LogP contribution in [0.5, 0.6) is 0 Å². The molecule has 0 aromatic heterocycles. The fourth-order valence-electron chi connectivity index (χ4n) is 2.88. The molecule has 0 bridgehead atoms. The molecule has 2 aromatic rings. The summed E-state index contributed by atoms with van der Waals surface area (Å²) in [7, 11) is -3.43. The molecule has 4 nitrogen and oxygen atoms in total. The van der Waals surface area contributed by atoms with Crippen molar-refractivity contribution in [2.24, 2.45) is 0 Å². The molecule has 2 N–H and O–H groups in total. The van der Waals surface area contributed by atoms with Crippen LogP contribution in [0.4, 0.5) is 9.59 Å². The largest absolute Gasteiger partial charge is 2.00 e. The Balaban J connectivity index is 0.000000591. The molecule has 2 aromatic carbocycles. The van der Waals surface area contributed by atoms with Crippen LogP contribution in [-0.4, -0.2) is 50.7 Å². The molecule has 0 saturated heterocycles. The summed E-state index contributed by atoms with van der Waals surface area (Å²) in [6.45, 7) is 12.1. The van der Waals surface area contributed by atoms with E-state index in [2.05, 4.69) is 79.5 Å². The van der Waals surface area contributed by atoms with E-state index >= 15 is 0 Å². The fourth-order valence-corrected chi connectivity index (χ4v) is 15.4. The van der Waals surface area contributed by atoms with Crippen molar-refractivity contribution < 1.29 is 35.8 Å². The minimum Gasteiger partial charge on any atom is -0.273 e. The summed E-state index contributed by atoms with van der Waals surface area (Å²) in [4.78, 5) is 23.1. The van der Waals surface area contributed by atoms with Gasteiger partial charge in [-0.3, -0.25) is 12.2 Å². The first-order valence-electron chi connectivity index (χ1n) is 13.9. The van der Waals surface area contributed by atoms with Crippen LogP contribution >= 0.6 is 0 Å². The van der Waals surface area contributed by atoms with E-state index < -0.39 is 39.6 Å². The number of carbonyl (C=O) groups is 2. The van der Waals surface area contributed by atoms with Crippen LogP contribution in [0.25, 0.3) is 12.2 Å². The first kappa shape index (κ1) is 40.0. The van der Waals surface area contributed by atoms with Crippen LogP contribution < -0.4 is 6.61 Å². The van der Waals surface area contributed by atoms with Crippen molar-refractivity contribution in [1.82, 2.24) is 6.61 Å². The van der Waals surface area contributed by atoms with E-state index in [1.807, 2.05) is 100.0 Å². The third kappa shape index (κ3) is 21.7. The number of benzene rings is 2. The van der Waals surface area contributed by atoms with E-state index in [-0.39, 0.29) is 37.3 Å². The molecule has 218 valence electrons. The van der Waals surface area contributed by atoms with Gasteiger partial charge in [-0.15, -0.1) is 12.8 Å². The van der Waals surface area contributed by atoms with Gasteiger partial charge in [0.25, 0.3) is 0 Å². The number of nitrogens with one attached hydrogen (secondary N) is 2. The molecular weight excluding hydrogens is 731 g/mol. The summed E-state index contributed by atoms with van der Waals surface area (Å²) in [6.07, 6.45) is 28.3. The minimum absolute atomic E-state index is 0. The maximum absolute atomic E-state index is 11.6. The number of amides is 2. The monoisotopic (exact) mass is 774 g/mol. The number of hydrogen-bond acceptors (Lipinski definition) is 2. The van der Waals surface area contributed by atoms with Crippen molar-refractivity contribution in [3.63, 3.8) is 0 Å². The number of carbonyl (C=O) groups excluding carboxylic acids is 2. The van der Waals surface area contributed by atoms with Gasteiger partial charge in [-0.25, -0.2) is 24.3 Å². The summed E-state index contributed by atoms with van der Waals surface area (Å²) in [5.74, 6) is 0. The predicted octanol–water partition coefficient (Wildman–Crippen LogP) is 8.53. The van der Waals surface area contributed by atoms with Crippen LogP contribution in [0.1, 0.15) is 24.0 Å². The Kier molecular flexibility index (Phi) is 22.3. The normalized spacial score (nSPS) is 12.7. The molecule has 0 atom stereocenters. The van der Waals surface area contributed by atoms with Crippen LogP contribution in [0.15, 0.2) is 109 Å². The van der Waals surface area contributed by atoms with E-state index in [0.717, 1.165) is 12.8 Å². The van der Waals surface area contributed by atoms with Gasteiger partial charge in [-0.1, -0.05) is 85.0 Å².